The summed E-state index contributed by atoms with van der Waals surface area (Å²) in [6, 6.07) is 8.01. The van der Waals surface area contributed by atoms with Gasteiger partial charge >= 0.3 is 29.6 Å². The molecule has 1 aromatic carbocycles. The number of benzene rings is 1. The molecule has 0 fully saturated rings. The molecule has 0 saturated carbocycles. The average molecular weight is 419 g/mol. The monoisotopic (exact) mass is 418 g/mol. The molecule has 132 valence electrons. The van der Waals surface area contributed by atoms with Gasteiger partial charge in [-0.05, 0) is 36.8 Å². The molecule has 9 heteroatoms. The van der Waals surface area contributed by atoms with Gasteiger partial charge < -0.3 is 0 Å². The molecule has 0 radical (unpaired) electrons. The van der Waals surface area contributed by atoms with E-state index in [1.54, 1.807) is 24.3 Å². The van der Waals surface area contributed by atoms with Crippen molar-refractivity contribution < 1.29 is 8.42 Å². The van der Waals surface area contributed by atoms with Gasteiger partial charge in [0.2, 0.25) is 0 Å². The van der Waals surface area contributed by atoms with E-state index >= 15 is 0 Å². The fraction of sp³-hybridized carbons (Fsp3) is 0.235. The van der Waals surface area contributed by atoms with Crippen LogP contribution in [0.15, 0.2) is 40.0 Å². The fourth-order valence-corrected chi connectivity index (χ4v) is 4.32. The van der Waals surface area contributed by atoms with Gasteiger partial charge in [0.15, 0.2) is 9.84 Å². The predicted octanol–water partition coefficient (Wildman–Crippen LogP) is 3.08. The third-order valence-electron chi connectivity index (χ3n) is 3.59. The average Bonchev–Trinajstić information content (AvgIpc) is 2.53. The Labute approximate surface area is 182 Å². The molecule has 5 nitrogen and oxygen atoms in total. The summed E-state index contributed by atoms with van der Waals surface area (Å²) < 4.78 is 24.6. The van der Waals surface area contributed by atoms with Crippen LogP contribution in [0.1, 0.15) is 19.0 Å². The van der Waals surface area contributed by atoms with Gasteiger partial charge in [-0.25, -0.2) is 8.42 Å². The van der Waals surface area contributed by atoms with Crippen LogP contribution in [0.25, 0.3) is 20.8 Å². The maximum absolute atomic E-state index is 12.3. The fourth-order valence-electron chi connectivity index (χ4n) is 2.41. The molecule has 0 atom stereocenters. The number of nitrogens with zero attached hydrogens (tertiary/aromatic N) is 2. The Bertz CT molecular complexity index is 1130. The van der Waals surface area contributed by atoms with Crippen molar-refractivity contribution in [1.82, 2.24) is 9.97 Å². The Balaban J connectivity index is 0.00000243. The van der Waals surface area contributed by atoms with Gasteiger partial charge in [0, 0.05) is 21.7 Å². The van der Waals surface area contributed by atoms with Crippen molar-refractivity contribution in [3.8, 4) is 10.7 Å². The van der Waals surface area contributed by atoms with Crippen molar-refractivity contribution in [3.63, 3.8) is 0 Å². The number of hydrogen-bond acceptors (Lipinski definition) is 6. The van der Waals surface area contributed by atoms with Crippen molar-refractivity contribution in [3.05, 3.63) is 51.4 Å². The molecule has 0 saturated heterocycles. The quantitative estimate of drug-likeness (QED) is 0.608. The Morgan fingerprint density at radius 3 is 2.54 bits per heavy atom. The third-order valence-corrected chi connectivity index (χ3v) is 5.97. The van der Waals surface area contributed by atoms with Crippen LogP contribution in [0.4, 0.5) is 0 Å². The molecule has 3 aromatic rings. The number of hydrogen-bond donors (Lipinski definition) is 0. The van der Waals surface area contributed by atoms with E-state index in [4.69, 9.17) is 11.6 Å². The number of pyridine rings is 1. The van der Waals surface area contributed by atoms with Crippen LogP contribution in [0.3, 0.4) is 0 Å². The number of rotatable bonds is 4. The van der Waals surface area contributed by atoms with E-state index in [0.29, 0.717) is 37.9 Å². The summed E-state index contributed by atoms with van der Waals surface area (Å²) in [6.07, 6.45) is 2.62. The summed E-state index contributed by atoms with van der Waals surface area (Å²) >= 11 is 7.27. The molecule has 0 N–H and O–H groups in total. The molecule has 26 heavy (non-hydrogen) atoms. The Morgan fingerprint density at radius 1 is 1.15 bits per heavy atom. The summed E-state index contributed by atoms with van der Waals surface area (Å²) in [5.74, 6) is 0. The summed E-state index contributed by atoms with van der Waals surface area (Å²) in [5, 5.41) is 1.37. The van der Waals surface area contributed by atoms with E-state index in [1.165, 1.54) is 17.4 Å². The van der Waals surface area contributed by atoms with Gasteiger partial charge in [-0.3, -0.25) is 9.78 Å². The van der Waals surface area contributed by atoms with E-state index in [2.05, 4.69) is 9.97 Å². The Morgan fingerprint density at radius 2 is 1.88 bits per heavy atom. The normalized spacial score (nSPS) is 11.3. The standard InChI is InChI=1S/C17H15ClN2O3S2.Na.H/c1-3-4-11-8-12(25(2,22)23)9-14(19-11)17-20-16(21)13-6-5-10(18)7-15(13)24-17;;/h5-9H,3-4H2,1-2H3;;. The molecular weight excluding hydrogens is 403 g/mol. The van der Waals surface area contributed by atoms with Crippen molar-refractivity contribution in [2.24, 2.45) is 0 Å². The van der Waals surface area contributed by atoms with Crippen LogP contribution in [0.2, 0.25) is 5.02 Å². The zero-order chi connectivity index (χ0) is 18.2. The van der Waals surface area contributed by atoms with Gasteiger partial charge in [-0.2, -0.15) is 4.98 Å². The molecule has 0 aliphatic carbocycles. The Kier molecular flexibility index (Phi) is 6.98. The molecule has 0 amide bonds. The second-order valence-electron chi connectivity index (χ2n) is 5.67. The summed E-state index contributed by atoms with van der Waals surface area (Å²) in [5.41, 5.74) is 0.660. The number of halogens is 1. The number of aromatic nitrogens is 2. The third kappa shape index (κ3) is 4.71. The number of fused-ring (bicyclic) bond motifs is 1. The SMILES string of the molecule is CCCc1cc(S(C)(=O)=O)cc(-c2nc(=O)c3ccc(Cl)cc3s2)n1.[NaH]. The van der Waals surface area contributed by atoms with Crippen molar-refractivity contribution in [1.29, 1.82) is 0 Å². The predicted molar refractivity (Wildman–Crippen MR) is 108 cm³/mol. The molecule has 0 spiro atoms. The van der Waals surface area contributed by atoms with E-state index in [-0.39, 0.29) is 40.0 Å². The number of aryl methyl sites for hydroxylation is 1. The zero-order valence-electron chi connectivity index (χ0n) is 13.6. The minimum absolute atomic E-state index is 0. The van der Waals surface area contributed by atoms with Crippen LogP contribution in [-0.2, 0) is 16.3 Å². The van der Waals surface area contributed by atoms with Crippen LogP contribution < -0.4 is 5.56 Å². The van der Waals surface area contributed by atoms with Crippen LogP contribution in [-0.4, -0.2) is 54.2 Å². The molecule has 0 aliphatic rings. The molecule has 0 unspecified atom stereocenters. The molecule has 2 heterocycles. The first-order chi connectivity index (χ1) is 11.8. The summed E-state index contributed by atoms with van der Waals surface area (Å²) in [7, 11) is -3.40. The van der Waals surface area contributed by atoms with Crippen LogP contribution >= 0.6 is 22.9 Å². The zero-order valence-corrected chi connectivity index (χ0v) is 16.0. The van der Waals surface area contributed by atoms with Gasteiger partial charge in [-0.1, -0.05) is 24.9 Å². The second kappa shape index (κ2) is 8.46. The topological polar surface area (TPSA) is 77.0 Å². The van der Waals surface area contributed by atoms with Crippen molar-refractivity contribution in [2.75, 3.05) is 6.26 Å². The van der Waals surface area contributed by atoms with E-state index < -0.39 is 9.84 Å². The summed E-state index contributed by atoms with van der Waals surface area (Å²) in [6.45, 7) is 1.99. The molecule has 0 aliphatic heterocycles. The van der Waals surface area contributed by atoms with Crippen molar-refractivity contribution >= 4 is 72.4 Å². The first-order valence-electron chi connectivity index (χ1n) is 7.59. The maximum atomic E-state index is 12.3. The van der Waals surface area contributed by atoms with Crippen LogP contribution in [0.5, 0.6) is 0 Å². The van der Waals surface area contributed by atoms with Crippen LogP contribution in [0, 0.1) is 0 Å². The first-order valence-corrected chi connectivity index (χ1v) is 10.7. The van der Waals surface area contributed by atoms with E-state index in [9.17, 15) is 13.2 Å². The van der Waals surface area contributed by atoms with Gasteiger partial charge in [0.05, 0.1) is 10.3 Å². The van der Waals surface area contributed by atoms with E-state index in [0.717, 1.165) is 12.7 Å². The first kappa shape index (κ1) is 21.5. The van der Waals surface area contributed by atoms with Gasteiger partial charge in [0.25, 0.3) is 5.56 Å². The van der Waals surface area contributed by atoms with E-state index in [1.807, 2.05) is 6.92 Å². The van der Waals surface area contributed by atoms with Crippen molar-refractivity contribution in [2.45, 2.75) is 24.7 Å². The molecule has 2 aromatic heterocycles. The minimum atomic E-state index is -3.40. The van der Waals surface area contributed by atoms with Gasteiger partial charge in [0.1, 0.15) is 10.7 Å². The summed E-state index contributed by atoms with van der Waals surface area (Å²) in [4.78, 5) is 21.0. The molecule has 0 bridgehead atoms. The molecule has 3 rings (SSSR count). The van der Waals surface area contributed by atoms with Gasteiger partial charge in [-0.15, -0.1) is 11.3 Å². The molecular formula is C17H16ClN2NaO3S2. The second-order valence-corrected chi connectivity index (χ2v) is 9.15. The Hall–Kier alpha value is -0.830. The number of sulfone groups is 1.